The van der Waals surface area contributed by atoms with Crippen molar-refractivity contribution in [1.82, 2.24) is 30.0 Å². The summed E-state index contributed by atoms with van der Waals surface area (Å²) in [5.41, 5.74) is 0. The van der Waals surface area contributed by atoms with Gasteiger partial charge in [0.25, 0.3) is 5.95 Å². The van der Waals surface area contributed by atoms with Gasteiger partial charge in [-0.25, -0.2) is 4.68 Å². The van der Waals surface area contributed by atoms with Gasteiger partial charge >= 0.3 is 0 Å². The number of hydrogen-bond acceptors (Lipinski definition) is 7. The first-order valence-electron chi connectivity index (χ1n) is 6.62. The fourth-order valence-electron chi connectivity index (χ4n) is 1.63. The molecule has 0 aliphatic heterocycles. The van der Waals surface area contributed by atoms with Gasteiger partial charge in [-0.05, 0) is 19.9 Å². The van der Waals surface area contributed by atoms with Crippen LogP contribution in [0.25, 0.3) is 5.95 Å². The van der Waals surface area contributed by atoms with Gasteiger partial charge in [0.2, 0.25) is 17.8 Å². The number of nitrogens with zero attached hydrogens (tertiary/aromatic N) is 5. The summed E-state index contributed by atoms with van der Waals surface area (Å²) in [7, 11) is 1.58. The molecule has 1 unspecified atom stereocenters. The third-order valence-electron chi connectivity index (χ3n) is 2.65. The minimum absolute atomic E-state index is 0.152. The summed E-state index contributed by atoms with van der Waals surface area (Å²) in [4.78, 5) is 24.3. The molecule has 0 spiro atoms. The standard InChI is InChI=1S/C12H18N8O/c1-4-14-10-17-11(16-8(2)9(21)13-3)19-12(18-10)20-7-5-6-15-20/h5-8H,4H2,1-3H3,(H,13,21)(H2,14,16,17,18,19). The average molecular weight is 290 g/mol. The number of likely N-dealkylation sites (N-methyl/N-ethyl adjacent to an activating group) is 1. The number of anilines is 2. The Balaban J connectivity index is 2.29. The van der Waals surface area contributed by atoms with Crippen molar-refractivity contribution in [2.75, 3.05) is 24.2 Å². The molecule has 0 fully saturated rings. The van der Waals surface area contributed by atoms with Crippen molar-refractivity contribution in [3.8, 4) is 5.95 Å². The Bertz CT molecular complexity index is 597. The maximum absolute atomic E-state index is 11.6. The third kappa shape index (κ3) is 3.65. The van der Waals surface area contributed by atoms with Gasteiger partial charge < -0.3 is 16.0 Å². The lowest BCUT2D eigenvalue weighted by Gasteiger charge is -2.13. The number of carbonyl (C=O) groups excluding carboxylic acids is 1. The van der Waals surface area contributed by atoms with Crippen LogP contribution in [0.2, 0.25) is 0 Å². The van der Waals surface area contributed by atoms with Crippen molar-refractivity contribution in [3.63, 3.8) is 0 Å². The first-order valence-corrected chi connectivity index (χ1v) is 6.62. The first-order chi connectivity index (χ1) is 10.1. The maximum Gasteiger partial charge on any atom is 0.257 e. The van der Waals surface area contributed by atoms with Crippen molar-refractivity contribution in [3.05, 3.63) is 18.5 Å². The summed E-state index contributed by atoms with van der Waals surface area (Å²) in [5.74, 6) is 0.950. The molecule has 21 heavy (non-hydrogen) atoms. The molecule has 0 aromatic carbocycles. The Kier molecular flexibility index (Phi) is 4.64. The van der Waals surface area contributed by atoms with E-state index in [2.05, 4.69) is 36.0 Å². The average Bonchev–Trinajstić information content (AvgIpc) is 3.00. The molecule has 2 rings (SSSR count). The molecule has 0 saturated heterocycles. The van der Waals surface area contributed by atoms with Crippen LogP contribution in [0.3, 0.4) is 0 Å². The highest BCUT2D eigenvalue weighted by Crippen LogP contribution is 2.09. The van der Waals surface area contributed by atoms with Crippen molar-refractivity contribution in [2.24, 2.45) is 0 Å². The monoisotopic (exact) mass is 290 g/mol. The number of rotatable bonds is 6. The van der Waals surface area contributed by atoms with Gasteiger partial charge in [0.15, 0.2) is 0 Å². The van der Waals surface area contributed by atoms with E-state index in [1.54, 1.807) is 32.4 Å². The predicted octanol–water partition coefficient (Wildman–Crippen LogP) is 0.0355. The van der Waals surface area contributed by atoms with Gasteiger partial charge in [-0.15, -0.1) is 0 Å². The molecule has 9 heteroatoms. The molecule has 0 saturated carbocycles. The van der Waals surface area contributed by atoms with E-state index in [0.717, 1.165) is 0 Å². The van der Waals surface area contributed by atoms with Crippen LogP contribution in [0.5, 0.6) is 0 Å². The molecule has 0 bridgehead atoms. The van der Waals surface area contributed by atoms with Gasteiger partial charge in [-0.2, -0.15) is 20.1 Å². The Hall–Kier alpha value is -2.71. The van der Waals surface area contributed by atoms with Crippen molar-refractivity contribution in [2.45, 2.75) is 19.9 Å². The normalized spacial score (nSPS) is 11.8. The highest BCUT2D eigenvalue weighted by molar-refractivity contribution is 5.83. The molecule has 0 radical (unpaired) electrons. The number of amides is 1. The van der Waals surface area contributed by atoms with Crippen molar-refractivity contribution >= 4 is 17.8 Å². The second-order valence-corrected chi connectivity index (χ2v) is 4.24. The smallest absolute Gasteiger partial charge is 0.257 e. The highest BCUT2D eigenvalue weighted by Gasteiger charge is 2.14. The Morgan fingerprint density at radius 1 is 1.33 bits per heavy atom. The van der Waals surface area contributed by atoms with E-state index < -0.39 is 6.04 Å². The van der Waals surface area contributed by atoms with Gasteiger partial charge in [-0.1, -0.05) is 0 Å². The third-order valence-corrected chi connectivity index (χ3v) is 2.65. The molecule has 1 amide bonds. The van der Waals surface area contributed by atoms with Crippen LogP contribution < -0.4 is 16.0 Å². The molecule has 0 aliphatic rings. The summed E-state index contributed by atoms with van der Waals surface area (Å²) in [6, 6.07) is 1.31. The zero-order valence-corrected chi connectivity index (χ0v) is 12.2. The fraction of sp³-hybridized carbons (Fsp3) is 0.417. The minimum atomic E-state index is -0.461. The van der Waals surface area contributed by atoms with Gasteiger partial charge in [0.1, 0.15) is 6.04 Å². The van der Waals surface area contributed by atoms with Crippen LogP contribution in [-0.2, 0) is 4.79 Å². The van der Waals surface area contributed by atoms with Crippen LogP contribution in [0, 0.1) is 0 Å². The maximum atomic E-state index is 11.6. The van der Waals surface area contributed by atoms with Crippen molar-refractivity contribution in [1.29, 1.82) is 0 Å². The number of hydrogen-bond donors (Lipinski definition) is 3. The molecule has 9 nitrogen and oxygen atoms in total. The Morgan fingerprint density at radius 3 is 2.71 bits per heavy atom. The Morgan fingerprint density at radius 2 is 2.10 bits per heavy atom. The van der Waals surface area contributed by atoms with E-state index in [4.69, 9.17) is 0 Å². The van der Waals surface area contributed by atoms with Gasteiger partial charge in [0.05, 0.1) is 0 Å². The molecular weight excluding hydrogens is 272 g/mol. The van der Waals surface area contributed by atoms with E-state index in [-0.39, 0.29) is 5.91 Å². The Labute approximate surface area is 122 Å². The zero-order valence-electron chi connectivity index (χ0n) is 12.2. The fourth-order valence-corrected chi connectivity index (χ4v) is 1.63. The largest absolute Gasteiger partial charge is 0.357 e. The lowest BCUT2D eigenvalue weighted by atomic mass is 10.3. The van der Waals surface area contributed by atoms with Crippen LogP contribution >= 0.6 is 0 Å². The summed E-state index contributed by atoms with van der Waals surface area (Å²) in [6.45, 7) is 4.34. The van der Waals surface area contributed by atoms with E-state index in [9.17, 15) is 4.79 Å². The van der Waals surface area contributed by atoms with E-state index >= 15 is 0 Å². The van der Waals surface area contributed by atoms with Gasteiger partial charge in [0, 0.05) is 26.0 Å². The molecule has 2 aromatic rings. The summed E-state index contributed by atoms with van der Waals surface area (Å²) in [6.07, 6.45) is 3.37. The highest BCUT2D eigenvalue weighted by atomic mass is 16.2. The molecule has 1 atom stereocenters. The van der Waals surface area contributed by atoms with E-state index in [1.807, 2.05) is 6.92 Å². The number of carbonyl (C=O) groups is 1. The number of aromatic nitrogens is 5. The minimum Gasteiger partial charge on any atom is -0.357 e. The molecule has 112 valence electrons. The molecule has 3 N–H and O–H groups in total. The van der Waals surface area contributed by atoms with Crippen LogP contribution in [-0.4, -0.2) is 50.3 Å². The number of nitrogens with one attached hydrogen (secondary N) is 3. The summed E-state index contributed by atoms with van der Waals surface area (Å²) < 4.78 is 1.53. The van der Waals surface area contributed by atoms with Gasteiger partial charge in [-0.3, -0.25) is 4.79 Å². The van der Waals surface area contributed by atoms with E-state index in [1.165, 1.54) is 4.68 Å². The van der Waals surface area contributed by atoms with Crippen molar-refractivity contribution < 1.29 is 4.79 Å². The lowest BCUT2D eigenvalue weighted by molar-refractivity contribution is -0.121. The van der Waals surface area contributed by atoms with Crippen LogP contribution in [0.15, 0.2) is 18.5 Å². The van der Waals surface area contributed by atoms with Crippen LogP contribution in [0.4, 0.5) is 11.9 Å². The zero-order chi connectivity index (χ0) is 15.2. The molecule has 2 heterocycles. The SMILES string of the molecule is CCNc1nc(NC(C)C(=O)NC)nc(-n2cccn2)n1. The summed E-state index contributed by atoms with van der Waals surface area (Å²) in [5, 5.41) is 12.6. The predicted molar refractivity (Wildman–Crippen MR) is 78.3 cm³/mol. The topological polar surface area (TPSA) is 110 Å². The first kappa shape index (κ1) is 14.7. The molecular formula is C12H18N8O. The quantitative estimate of drug-likeness (QED) is 0.688. The molecule has 2 aromatic heterocycles. The molecule has 0 aliphatic carbocycles. The summed E-state index contributed by atoms with van der Waals surface area (Å²) >= 11 is 0. The van der Waals surface area contributed by atoms with E-state index in [0.29, 0.717) is 24.4 Å². The second kappa shape index (κ2) is 6.64. The lowest BCUT2D eigenvalue weighted by Crippen LogP contribution is -2.36. The second-order valence-electron chi connectivity index (χ2n) is 4.24. The van der Waals surface area contributed by atoms with Crippen LogP contribution in [0.1, 0.15) is 13.8 Å².